The highest BCUT2D eigenvalue weighted by Crippen LogP contribution is 2.21. The van der Waals surface area contributed by atoms with E-state index in [2.05, 4.69) is 25.9 Å². The number of anilines is 4. The van der Waals surface area contributed by atoms with Crippen LogP contribution >= 0.6 is 0 Å². The molecule has 0 aliphatic rings. The van der Waals surface area contributed by atoms with Gasteiger partial charge in [-0.05, 0) is 36.4 Å². The predicted octanol–water partition coefficient (Wildman–Crippen LogP) is 3.32. The number of aromatic nitrogens is 2. The third-order valence-electron chi connectivity index (χ3n) is 3.32. The molecule has 3 aromatic rings. The van der Waals surface area contributed by atoms with E-state index in [0.29, 0.717) is 11.4 Å². The zero-order valence-corrected chi connectivity index (χ0v) is 13.2. The predicted molar refractivity (Wildman–Crippen MR) is 94.9 cm³/mol. The van der Waals surface area contributed by atoms with Gasteiger partial charge in [0.15, 0.2) is 0 Å². The molecule has 0 radical (unpaired) electrons. The van der Waals surface area contributed by atoms with Crippen molar-refractivity contribution in [2.24, 2.45) is 0 Å². The quantitative estimate of drug-likeness (QED) is 0.672. The van der Waals surface area contributed by atoms with Crippen molar-refractivity contribution in [3.8, 4) is 0 Å². The van der Waals surface area contributed by atoms with Gasteiger partial charge < -0.3 is 16.0 Å². The molecule has 0 atom stereocenters. The first kappa shape index (κ1) is 15.5. The van der Waals surface area contributed by atoms with Crippen LogP contribution in [0.1, 0.15) is 10.4 Å². The van der Waals surface area contributed by atoms with E-state index in [1.807, 2.05) is 42.5 Å². The van der Waals surface area contributed by atoms with Crippen LogP contribution in [0.25, 0.3) is 0 Å². The summed E-state index contributed by atoms with van der Waals surface area (Å²) >= 11 is 0. The lowest BCUT2D eigenvalue weighted by atomic mass is 10.2. The summed E-state index contributed by atoms with van der Waals surface area (Å²) < 4.78 is 0. The smallest absolute Gasteiger partial charge is 0.251 e. The second kappa shape index (κ2) is 7.23. The van der Waals surface area contributed by atoms with Gasteiger partial charge >= 0.3 is 0 Å². The van der Waals surface area contributed by atoms with E-state index in [1.54, 1.807) is 31.6 Å². The maximum atomic E-state index is 11.7. The minimum atomic E-state index is -0.120. The van der Waals surface area contributed by atoms with Crippen molar-refractivity contribution >= 4 is 28.9 Å². The van der Waals surface area contributed by atoms with Crippen molar-refractivity contribution < 1.29 is 4.79 Å². The van der Waals surface area contributed by atoms with Crippen LogP contribution in [0.15, 0.2) is 67.0 Å². The molecule has 120 valence electrons. The second-order valence-corrected chi connectivity index (χ2v) is 5.05. The average molecular weight is 319 g/mol. The number of hydrogen-bond donors (Lipinski definition) is 3. The van der Waals surface area contributed by atoms with Crippen LogP contribution < -0.4 is 16.0 Å². The molecule has 0 bridgehead atoms. The summed E-state index contributed by atoms with van der Waals surface area (Å²) in [5, 5.41) is 9.03. The standard InChI is InChI=1S/C18H17N5O/c1-19-18(24)13-5-4-6-14(11-13)22-15-8-10-21-17(12-15)23-16-7-2-3-9-20-16/h2-12H,1H3,(H,19,24)(H2,20,21,22,23). The van der Waals surface area contributed by atoms with E-state index in [9.17, 15) is 4.79 Å². The van der Waals surface area contributed by atoms with Gasteiger partial charge in [0.1, 0.15) is 11.6 Å². The van der Waals surface area contributed by atoms with Crippen molar-refractivity contribution in [3.63, 3.8) is 0 Å². The zero-order valence-electron chi connectivity index (χ0n) is 13.2. The normalized spacial score (nSPS) is 10.0. The summed E-state index contributed by atoms with van der Waals surface area (Å²) in [7, 11) is 1.61. The van der Waals surface area contributed by atoms with Crippen molar-refractivity contribution in [2.45, 2.75) is 0 Å². The first-order chi connectivity index (χ1) is 11.7. The number of rotatable bonds is 5. The number of carbonyl (C=O) groups excluding carboxylic acids is 1. The average Bonchev–Trinajstić information content (AvgIpc) is 2.62. The fraction of sp³-hybridized carbons (Fsp3) is 0.0556. The molecule has 6 nitrogen and oxygen atoms in total. The molecule has 0 fully saturated rings. The van der Waals surface area contributed by atoms with Gasteiger partial charge in [-0.1, -0.05) is 12.1 Å². The van der Waals surface area contributed by atoms with E-state index in [4.69, 9.17) is 0 Å². The Hall–Kier alpha value is -3.41. The Morgan fingerprint density at radius 2 is 1.67 bits per heavy atom. The van der Waals surface area contributed by atoms with E-state index in [-0.39, 0.29) is 5.91 Å². The molecule has 2 heterocycles. The fourth-order valence-electron chi connectivity index (χ4n) is 2.19. The monoisotopic (exact) mass is 319 g/mol. The maximum Gasteiger partial charge on any atom is 0.251 e. The molecule has 6 heteroatoms. The summed E-state index contributed by atoms with van der Waals surface area (Å²) in [6, 6.07) is 16.7. The van der Waals surface area contributed by atoms with Crippen LogP contribution in [0.3, 0.4) is 0 Å². The number of benzene rings is 1. The first-order valence-electron chi connectivity index (χ1n) is 7.48. The third-order valence-corrected chi connectivity index (χ3v) is 3.32. The van der Waals surface area contributed by atoms with E-state index < -0.39 is 0 Å². The largest absolute Gasteiger partial charge is 0.355 e. The van der Waals surface area contributed by atoms with Gasteiger partial charge in [-0.2, -0.15) is 0 Å². The van der Waals surface area contributed by atoms with Crippen LogP contribution in [0.4, 0.5) is 23.0 Å². The van der Waals surface area contributed by atoms with Gasteiger partial charge in [0.05, 0.1) is 0 Å². The Labute approximate surface area is 140 Å². The van der Waals surface area contributed by atoms with Gasteiger partial charge in [0.25, 0.3) is 5.91 Å². The molecular formula is C18H17N5O. The molecule has 0 spiro atoms. The highest BCUT2D eigenvalue weighted by Gasteiger charge is 2.04. The number of nitrogens with zero attached hydrogens (tertiary/aromatic N) is 2. The molecule has 0 unspecified atom stereocenters. The van der Waals surface area contributed by atoms with Crippen molar-refractivity contribution in [1.29, 1.82) is 0 Å². The molecular weight excluding hydrogens is 302 g/mol. The molecule has 0 aliphatic carbocycles. The maximum absolute atomic E-state index is 11.7. The molecule has 1 aromatic carbocycles. The van der Waals surface area contributed by atoms with Crippen LogP contribution in [-0.2, 0) is 0 Å². The van der Waals surface area contributed by atoms with Crippen LogP contribution in [-0.4, -0.2) is 22.9 Å². The summed E-state index contributed by atoms with van der Waals surface area (Å²) in [5.41, 5.74) is 2.28. The van der Waals surface area contributed by atoms with Gasteiger partial charge in [-0.25, -0.2) is 9.97 Å². The van der Waals surface area contributed by atoms with Gasteiger partial charge in [0, 0.05) is 42.4 Å². The molecule has 0 saturated heterocycles. The van der Waals surface area contributed by atoms with E-state index >= 15 is 0 Å². The van der Waals surface area contributed by atoms with E-state index in [1.165, 1.54) is 0 Å². The highest BCUT2D eigenvalue weighted by molar-refractivity contribution is 5.95. The number of nitrogens with one attached hydrogen (secondary N) is 3. The molecule has 3 rings (SSSR count). The minimum Gasteiger partial charge on any atom is -0.355 e. The Kier molecular flexibility index (Phi) is 4.67. The van der Waals surface area contributed by atoms with E-state index in [0.717, 1.165) is 17.2 Å². The number of amides is 1. The lowest BCUT2D eigenvalue weighted by molar-refractivity contribution is 0.0963. The zero-order chi connectivity index (χ0) is 16.8. The highest BCUT2D eigenvalue weighted by atomic mass is 16.1. The van der Waals surface area contributed by atoms with Gasteiger partial charge in [-0.3, -0.25) is 4.79 Å². The molecule has 3 N–H and O–H groups in total. The van der Waals surface area contributed by atoms with Crippen LogP contribution in [0.2, 0.25) is 0 Å². The molecule has 0 saturated carbocycles. The number of hydrogen-bond acceptors (Lipinski definition) is 5. The lowest BCUT2D eigenvalue weighted by Gasteiger charge is -2.10. The Balaban J connectivity index is 1.76. The molecule has 0 aliphatic heterocycles. The van der Waals surface area contributed by atoms with Gasteiger partial charge in [-0.15, -0.1) is 0 Å². The summed E-state index contributed by atoms with van der Waals surface area (Å²) in [5.74, 6) is 1.29. The molecule has 2 aromatic heterocycles. The molecule has 24 heavy (non-hydrogen) atoms. The van der Waals surface area contributed by atoms with Crippen molar-refractivity contribution in [1.82, 2.24) is 15.3 Å². The Morgan fingerprint density at radius 1 is 0.833 bits per heavy atom. The fourth-order valence-corrected chi connectivity index (χ4v) is 2.19. The van der Waals surface area contributed by atoms with Crippen LogP contribution in [0.5, 0.6) is 0 Å². The van der Waals surface area contributed by atoms with Crippen molar-refractivity contribution in [3.05, 3.63) is 72.6 Å². The Morgan fingerprint density at radius 3 is 2.46 bits per heavy atom. The van der Waals surface area contributed by atoms with Crippen molar-refractivity contribution in [2.75, 3.05) is 17.7 Å². The van der Waals surface area contributed by atoms with Crippen LogP contribution in [0, 0.1) is 0 Å². The second-order valence-electron chi connectivity index (χ2n) is 5.05. The third kappa shape index (κ3) is 3.86. The summed E-state index contributed by atoms with van der Waals surface area (Å²) in [6.07, 6.45) is 3.42. The Bertz CT molecular complexity index is 836. The first-order valence-corrected chi connectivity index (χ1v) is 7.48. The SMILES string of the molecule is CNC(=O)c1cccc(Nc2ccnc(Nc3ccccn3)c2)c1. The summed E-state index contributed by atoms with van der Waals surface area (Å²) in [6.45, 7) is 0. The lowest BCUT2D eigenvalue weighted by Crippen LogP contribution is -2.17. The number of pyridine rings is 2. The van der Waals surface area contributed by atoms with Gasteiger partial charge in [0.2, 0.25) is 0 Å². The number of carbonyl (C=O) groups is 1. The minimum absolute atomic E-state index is 0.120. The topological polar surface area (TPSA) is 78.9 Å². The molecule has 1 amide bonds. The summed E-state index contributed by atoms with van der Waals surface area (Å²) in [4.78, 5) is 20.2.